The maximum Gasteiger partial charge on any atom is 0.251 e. The van der Waals surface area contributed by atoms with Crippen LogP contribution < -0.4 is 10.6 Å². The molecule has 3 nitrogen and oxygen atoms in total. The third-order valence-corrected chi connectivity index (χ3v) is 3.14. The van der Waals surface area contributed by atoms with Crippen molar-refractivity contribution in [3.05, 3.63) is 35.4 Å². The molecule has 0 spiro atoms. The van der Waals surface area contributed by atoms with Gasteiger partial charge in [-0.2, -0.15) is 0 Å². The van der Waals surface area contributed by atoms with Gasteiger partial charge in [0.15, 0.2) is 11.6 Å². The van der Waals surface area contributed by atoms with Crippen LogP contribution in [0.3, 0.4) is 0 Å². The van der Waals surface area contributed by atoms with E-state index in [0.29, 0.717) is 6.04 Å². The molecule has 1 fully saturated rings. The Morgan fingerprint density at radius 3 is 2.83 bits per heavy atom. The Morgan fingerprint density at radius 2 is 2.17 bits per heavy atom. The van der Waals surface area contributed by atoms with Crippen LogP contribution in [0.1, 0.15) is 30.1 Å². The summed E-state index contributed by atoms with van der Waals surface area (Å²) in [7, 11) is 0. The average Bonchev–Trinajstić information content (AvgIpc) is 2.32. The number of hydrogen-bond donors (Lipinski definition) is 2. The van der Waals surface area contributed by atoms with Crippen molar-refractivity contribution in [1.82, 2.24) is 10.6 Å². The highest BCUT2D eigenvalue weighted by atomic mass is 19.2. The molecule has 2 unspecified atom stereocenters. The lowest BCUT2D eigenvalue weighted by atomic mass is 10.0. The molecule has 5 heteroatoms. The Balaban J connectivity index is 2.00. The second kappa shape index (κ2) is 5.44. The molecule has 1 aliphatic rings. The van der Waals surface area contributed by atoms with Gasteiger partial charge in [-0.15, -0.1) is 0 Å². The van der Waals surface area contributed by atoms with E-state index in [1.807, 2.05) is 0 Å². The van der Waals surface area contributed by atoms with E-state index in [1.54, 1.807) is 0 Å². The molecule has 18 heavy (non-hydrogen) atoms. The van der Waals surface area contributed by atoms with Gasteiger partial charge in [-0.25, -0.2) is 8.78 Å². The van der Waals surface area contributed by atoms with Gasteiger partial charge in [-0.1, -0.05) is 0 Å². The van der Waals surface area contributed by atoms with Crippen LogP contribution in [0.5, 0.6) is 0 Å². The van der Waals surface area contributed by atoms with Crippen molar-refractivity contribution in [2.24, 2.45) is 0 Å². The highest BCUT2D eigenvalue weighted by molar-refractivity contribution is 5.94. The van der Waals surface area contributed by atoms with Gasteiger partial charge in [-0.3, -0.25) is 4.79 Å². The van der Waals surface area contributed by atoms with Gasteiger partial charge in [0.05, 0.1) is 0 Å². The number of carbonyl (C=O) groups excluding carboxylic acids is 1. The van der Waals surface area contributed by atoms with Crippen LogP contribution in [-0.2, 0) is 0 Å². The van der Waals surface area contributed by atoms with Crippen molar-refractivity contribution in [2.45, 2.75) is 31.8 Å². The van der Waals surface area contributed by atoms with Crippen molar-refractivity contribution in [3.63, 3.8) is 0 Å². The van der Waals surface area contributed by atoms with Crippen molar-refractivity contribution in [1.29, 1.82) is 0 Å². The molecule has 2 N–H and O–H groups in total. The number of benzene rings is 1. The summed E-state index contributed by atoms with van der Waals surface area (Å²) in [6.07, 6.45) is 1.69. The number of piperidine rings is 1. The first-order chi connectivity index (χ1) is 8.56. The maximum atomic E-state index is 13.0. The summed E-state index contributed by atoms with van der Waals surface area (Å²) in [4.78, 5) is 11.9. The van der Waals surface area contributed by atoms with Gasteiger partial charge in [0.25, 0.3) is 5.91 Å². The zero-order valence-electron chi connectivity index (χ0n) is 10.2. The molecule has 0 aliphatic carbocycles. The fourth-order valence-corrected chi connectivity index (χ4v) is 2.17. The summed E-state index contributed by atoms with van der Waals surface area (Å²) in [5.74, 6) is -2.30. The van der Waals surface area contributed by atoms with E-state index in [1.165, 1.54) is 6.07 Å². The SMILES string of the molecule is CC1CC(NC(=O)c2ccc(F)c(F)c2)CCN1. The summed E-state index contributed by atoms with van der Waals surface area (Å²) in [5, 5.41) is 6.12. The molecule has 0 bridgehead atoms. The quantitative estimate of drug-likeness (QED) is 0.845. The summed E-state index contributed by atoms with van der Waals surface area (Å²) < 4.78 is 25.8. The Hall–Kier alpha value is -1.49. The molecule has 0 aromatic heterocycles. The number of nitrogens with one attached hydrogen (secondary N) is 2. The van der Waals surface area contributed by atoms with Crippen LogP contribution in [0.25, 0.3) is 0 Å². The predicted octanol–water partition coefficient (Wildman–Crippen LogP) is 1.84. The fraction of sp³-hybridized carbons (Fsp3) is 0.462. The first-order valence-corrected chi connectivity index (χ1v) is 6.05. The fourth-order valence-electron chi connectivity index (χ4n) is 2.17. The number of halogens is 2. The number of rotatable bonds is 2. The third kappa shape index (κ3) is 3.04. The summed E-state index contributed by atoms with van der Waals surface area (Å²) >= 11 is 0. The molecule has 1 saturated heterocycles. The normalized spacial score (nSPS) is 23.7. The third-order valence-electron chi connectivity index (χ3n) is 3.14. The van der Waals surface area contributed by atoms with Gasteiger partial charge in [0.1, 0.15) is 0 Å². The van der Waals surface area contributed by atoms with Gasteiger partial charge in [0, 0.05) is 17.6 Å². The lowest BCUT2D eigenvalue weighted by Gasteiger charge is -2.28. The van der Waals surface area contributed by atoms with E-state index in [2.05, 4.69) is 17.6 Å². The molecular formula is C13H16F2N2O. The Labute approximate surface area is 105 Å². The maximum absolute atomic E-state index is 13.0. The van der Waals surface area contributed by atoms with Crippen LogP contribution in [-0.4, -0.2) is 24.5 Å². The number of carbonyl (C=O) groups is 1. The predicted molar refractivity (Wildman–Crippen MR) is 64.3 cm³/mol. The number of hydrogen-bond acceptors (Lipinski definition) is 2. The van der Waals surface area contributed by atoms with Gasteiger partial charge in [0.2, 0.25) is 0 Å². The van der Waals surface area contributed by atoms with E-state index in [0.717, 1.165) is 31.5 Å². The van der Waals surface area contributed by atoms with Crippen LogP contribution >= 0.6 is 0 Å². The monoisotopic (exact) mass is 254 g/mol. The summed E-state index contributed by atoms with van der Waals surface area (Å²) in [5.41, 5.74) is 0.153. The number of amides is 1. The van der Waals surface area contributed by atoms with Crippen molar-refractivity contribution < 1.29 is 13.6 Å². The molecule has 1 aliphatic heterocycles. The highest BCUT2D eigenvalue weighted by Gasteiger charge is 2.20. The standard InChI is InChI=1S/C13H16F2N2O/c1-8-6-10(4-5-16-8)17-13(18)9-2-3-11(14)12(15)7-9/h2-3,7-8,10,16H,4-6H2,1H3,(H,17,18). The minimum Gasteiger partial charge on any atom is -0.349 e. The van der Waals surface area contributed by atoms with Gasteiger partial charge >= 0.3 is 0 Å². The van der Waals surface area contributed by atoms with Crippen molar-refractivity contribution >= 4 is 5.91 Å². The first-order valence-electron chi connectivity index (χ1n) is 6.05. The van der Waals surface area contributed by atoms with E-state index in [9.17, 15) is 13.6 Å². The second-order valence-electron chi connectivity index (χ2n) is 4.68. The molecule has 0 saturated carbocycles. The molecule has 98 valence electrons. The van der Waals surface area contributed by atoms with E-state index >= 15 is 0 Å². The van der Waals surface area contributed by atoms with Gasteiger partial charge in [-0.05, 0) is 44.5 Å². The zero-order valence-corrected chi connectivity index (χ0v) is 10.2. The highest BCUT2D eigenvalue weighted by Crippen LogP contribution is 2.11. The van der Waals surface area contributed by atoms with Crippen molar-refractivity contribution in [3.8, 4) is 0 Å². The molecule has 1 aromatic carbocycles. The summed E-state index contributed by atoms with van der Waals surface area (Å²) in [6.45, 7) is 2.90. The first kappa shape index (κ1) is 13.0. The molecular weight excluding hydrogens is 238 g/mol. The molecule has 2 rings (SSSR count). The van der Waals surface area contributed by atoms with E-state index < -0.39 is 11.6 Å². The van der Waals surface area contributed by atoms with E-state index in [-0.39, 0.29) is 17.5 Å². The average molecular weight is 254 g/mol. The minimum absolute atomic E-state index is 0.0851. The Kier molecular flexibility index (Phi) is 3.91. The Morgan fingerprint density at radius 1 is 1.39 bits per heavy atom. The van der Waals surface area contributed by atoms with Crippen LogP contribution in [0.4, 0.5) is 8.78 Å². The van der Waals surface area contributed by atoms with Crippen LogP contribution in [0.15, 0.2) is 18.2 Å². The molecule has 2 atom stereocenters. The van der Waals surface area contributed by atoms with Crippen LogP contribution in [0, 0.1) is 11.6 Å². The van der Waals surface area contributed by atoms with Gasteiger partial charge < -0.3 is 10.6 Å². The smallest absolute Gasteiger partial charge is 0.251 e. The minimum atomic E-state index is -0.999. The Bertz CT molecular complexity index is 451. The van der Waals surface area contributed by atoms with Crippen LogP contribution in [0.2, 0.25) is 0 Å². The molecule has 1 amide bonds. The summed E-state index contributed by atoms with van der Waals surface area (Å²) in [6, 6.07) is 3.62. The molecule has 1 aromatic rings. The lowest BCUT2D eigenvalue weighted by Crippen LogP contribution is -2.46. The zero-order chi connectivity index (χ0) is 13.1. The molecule has 0 radical (unpaired) electrons. The van der Waals surface area contributed by atoms with Crippen molar-refractivity contribution in [2.75, 3.05) is 6.54 Å². The largest absolute Gasteiger partial charge is 0.349 e. The van der Waals surface area contributed by atoms with E-state index in [4.69, 9.17) is 0 Å². The topological polar surface area (TPSA) is 41.1 Å². The molecule has 1 heterocycles. The lowest BCUT2D eigenvalue weighted by molar-refractivity contribution is 0.0925. The second-order valence-corrected chi connectivity index (χ2v) is 4.68.